The number of aromatic amines is 1. The van der Waals surface area contributed by atoms with Gasteiger partial charge in [-0.2, -0.15) is 5.10 Å². The molecular formula is C9H8ClN5O. The minimum atomic E-state index is -0.298. The van der Waals surface area contributed by atoms with Crippen molar-refractivity contribution in [1.82, 2.24) is 20.2 Å². The van der Waals surface area contributed by atoms with Crippen molar-refractivity contribution in [2.75, 3.05) is 11.2 Å². The largest absolute Gasteiger partial charge is 0.322 e. The molecule has 0 aliphatic rings. The molecule has 0 aliphatic heterocycles. The van der Waals surface area contributed by atoms with Crippen molar-refractivity contribution in [2.24, 2.45) is 0 Å². The Balaban J connectivity index is 2.29. The highest BCUT2D eigenvalue weighted by Crippen LogP contribution is 2.22. The van der Waals surface area contributed by atoms with Crippen molar-refractivity contribution in [3.8, 4) is 11.4 Å². The van der Waals surface area contributed by atoms with Gasteiger partial charge >= 0.3 is 0 Å². The smallest absolute Gasteiger partial charge is 0.239 e. The van der Waals surface area contributed by atoms with E-state index in [4.69, 9.17) is 11.6 Å². The zero-order chi connectivity index (χ0) is 11.4. The summed E-state index contributed by atoms with van der Waals surface area (Å²) in [5, 5.41) is 9.18. The summed E-state index contributed by atoms with van der Waals surface area (Å²) < 4.78 is 0. The van der Waals surface area contributed by atoms with Gasteiger partial charge in [0.2, 0.25) is 5.91 Å². The predicted octanol–water partition coefficient (Wildman–Crippen LogP) is 1.04. The van der Waals surface area contributed by atoms with Crippen LogP contribution in [0.15, 0.2) is 24.8 Å². The first kappa shape index (κ1) is 10.6. The van der Waals surface area contributed by atoms with E-state index in [9.17, 15) is 4.79 Å². The number of hydrogen-bond donors (Lipinski definition) is 2. The van der Waals surface area contributed by atoms with Gasteiger partial charge in [0.25, 0.3) is 0 Å². The fourth-order valence-corrected chi connectivity index (χ4v) is 1.25. The first-order valence-corrected chi connectivity index (χ1v) is 5.00. The second-order valence-corrected chi connectivity index (χ2v) is 3.20. The molecule has 0 aliphatic carbocycles. The number of hydrogen-bond acceptors (Lipinski definition) is 4. The molecule has 0 fully saturated rings. The number of amides is 1. The number of alkyl halides is 1. The molecule has 82 valence electrons. The van der Waals surface area contributed by atoms with Gasteiger partial charge in [-0.3, -0.25) is 19.9 Å². The average molecular weight is 238 g/mol. The van der Waals surface area contributed by atoms with Crippen LogP contribution < -0.4 is 5.32 Å². The fraction of sp³-hybridized carbons (Fsp3) is 0.111. The van der Waals surface area contributed by atoms with Crippen molar-refractivity contribution >= 4 is 23.2 Å². The van der Waals surface area contributed by atoms with E-state index >= 15 is 0 Å². The molecule has 0 saturated heterocycles. The molecule has 1 amide bonds. The lowest BCUT2D eigenvalue weighted by molar-refractivity contribution is -0.113. The molecule has 0 atom stereocenters. The summed E-state index contributed by atoms with van der Waals surface area (Å²) >= 11 is 5.40. The molecule has 2 aromatic rings. The van der Waals surface area contributed by atoms with Crippen molar-refractivity contribution in [2.45, 2.75) is 0 Å². The molecule has 0 saturated carbocycles. The lowest BCUT2D eigenvalue weighted by Gasteiger charge is -2.02. The Bertz CT molecular complexity index is 484. The van der Waals surface area contributed by atoms with Crippen molar-refractivity contribution in [3.63, 3.8) is 0 Å². The summed E-state index contributed by atoms with van der Waals surface area (Å²) in [4.78, 5) is 19.2. The van der Waals surface area contributed by atoms with Crippen LogP contribution in [0.25, 0.3) is 11.4 Å². The molecule has 2 aromatic heterocycles. The number of halogens is 1. The van der Waals surface area contributed by atoms with E-state index in [0.717, 1.165) is 0 Å². The Morgan fingerprint density at radius 1 is 1.44 bits per heavy atom. The summed E-state index contributed by atoms with van der Waals surface area (Å²) in [5.74, 6) is -0.404. The van der Waals surface area contributed by atoms with Crippen molar-refractivity contribution in [3.05, 3.63) is 24.8 Å². The first-order valence-electron chi connectivity index (χ1n) is 4.47. The van der Waals surface area contributed by atoms with Crippen LogP contribution in [0.5, 0.6) is 0 Å². The van der Waals surface area contributed by atoms with Crippen LogP contribution in [-0.4, -0.2) is 32.0 Å². The average Bonchev–Trinajstić information content (AvgIpc) is 2.78. The molecule has 0 spiro atoms. The number of nitrogens with one attached hydrogen (secondary N) is 2. The maximum absolute atomic E-state index is 11.1. The van der Waals surface area contributed by atoms with Gasteiger partial charge in [0.1, 0.15) is 17.3 Å². The van der Waals surface area contributed by atoms with Crippen LogP contribution in [0, 0.1) is 0 Å². The van der Waals surface area contributed by atoms with Crippen LogP contribution in [-0.2, 0) is 4.79 Å². The third-order valence-corrected chi connectivity index (χ3v) is 2.10. The lowest BCUT2D eigenvalue weighted by atomic mass is 10.3. The van der Waals surface area contributed by atoms with Gasteiger partial charge in [-0.05, 0) is 0 Å². The zero-order valence-corrected chi connectivity index (χ0v) is 8.90. The minimum Gasteiger partial charge on any atom is -0.322 e. The van der Waals surface area contributed by atoms with Crippen LogP contribution in [0.1, 0.15) is 0 Å². The molecule has 2 rings (SSSR count). The second-order valence-electron chi connectivity index (χ2n) is 2.93. The summed E-state index contributed by atoms with van der Waals surface area (Å²) in [6, 6.07) is 0. The number of anilines is 1. The van der Waals surface area contributed by atoms with Gasteiger partial charge < -0.3 is 5.32 Å². The summed E-state index contributed by atoms with van der Waals surface area (Å²) in [7, 11) is 0. The molecule has 0 unspecified atom stereocenters. The maximum atomic E-state index is 11.1. The standard InChI is InChI=1S/C9H8ClN5O/c10-3-8(16)14-7-5-13-15-9(7)6-4-11-1-2-12-6/h1-2,4-5H,3H2,(H,13,15)(H,14,16). The number of aromatic nitrogens is 4. The Morgan fingerprint density at radius 2 is 2.31 bits per heavy atom. The highest BCUT2D eigenvalue weighted by molar-refractivity contribution is 6.29. The van der Waals surface area contributed by atoms with Crippen LogP contribution in [0.4, 0.5) is 5.69 Å². The summed E-state index contributed by atoms with van der Waals surface area (Å²) in [5.41, 5.74) is 1.74. The van der Waals surface area contributed by atoms with E-state index in [0.29, 0.717) is 17.1 Å². The van der Waals surface area contributed by atoms with E-state index in [1.54, 1.807) is 18.6 Å². The van der Waals surface area contributed by atoms with Gasteiger partial charge in [0.15, 0.2) is 0 Å². The van der Waals surface area contributed by atoms with Gasteiger partial charge in [0, 0.05) is 12.4 Å². The van der Waals surface area contributed by atoms with Gasteiger partial charge in [-0.15, -0.1) is 11.6 Å². The highest BCUT2D eigenvalue weighted by atomic mass is 35.5. The van der Waals surface area contributed by atoms with Gasteiger partial charge in [-0.25, -0.2) is 0 Å². The van der Waals surface area contributed by atoms with E-state index < -0.39 is 0 Å². The molecular weight excluding hydrogens is 230 g/mol. The zero-order valence-electron chi connectivity index (χ0n) is 8.14. The summed E-state index contributed by atoms with van der Waals surface area (Å²) in [6.45, 7) is 0. The Morgan fingerprint density at radius 3 is 3.00 bits per heavy atom. The SMILES string of the molecule is O=C(CCl)Nc1cn[nH]c1-c1cnccn1. The molecule has 2 heterocycles. The Labute approximate surface area is 96.1 Å². The predicted molar refractivity (Wildman–Crippen MR) is 59.0 cm³/mol. The molecule has 0 radical (unpaired) electrons. The second kappa shape index (κ2) is 4.71. The Hall–Kier alpha value is -1.95. The van der Waals surface area contributed by atoms with Gasteiger partial charge in [0.05, 0.1) is 18.1 Å². The highest BCUT2D eigenvalue weighted by Gasteiger charge is 2.10. The molecule has 2 N–H and O–H groups in total. The number of carbonyl (C=O) groups is 1. The number of carbonyl (C=O) groups excluding carboxylic acids is 1. The monoisotopic (exact) mass is 237 g/mol. The molecule has 7 heteroatoms. The number of H-pyrrole nitrogens is 1. The van der Waals surface area contributed by atoms with Crippen molar-refractivity contribution in [1.29, 1.82) is 0 Å². The third-order valence-electron chi connectivity index (χ3n) is 1.85. The molecule has 16 heavy (non-hydrogen) atoms. The molecule has 0 bridgehead atoms. The lowest BCUT2D eigenvalue weighted by Crippen LogP contribution is -2.12. The van der Waals surface area contributed by atoms with Crippen LogP contribution in [0.3, 0.4) is 0 Å². The van der Waals surface area contributed by atoms with Crippen molar-refractivity contribution < 1.29 is 4.79 Å². The van der Waals surface area contributed by atoms with Crippen LogP contribution >= 0.6 is 11.6 Å². The summed E-state index contributed by atoms with van der Waals surface area (Å²) in [6.07, 6.45) is 6.19. The van der Waals surface area contributed by atoms with E-state index in [1.807, 2.05) is 0 Å². The Kier molecular flexibility index (Phi) is 3.11. The number of nitrogens with zero attached hydrogens (tertiary/aromatic N) is 3. The number of rotatable bonds is 3. The van der Waals surface area contributed by atoms with E-state index in [1.165, 1.54) is 6.20 Å². The fourth-order valence-electron chi connectivity index (χ4n) is 1.19. The quantitative estimate of drug-likeness (QED) is 0.782. The topological polar surface area (TPSA) is 83.6 Å². The van der Waals surface area contributed by atoms with E-state index in [2.05, 4.69) is 25.5 Å². The minimum absolute atomic E-state index is 0.106. The van der Waals surface area contributed by atoms with Crippen LogP contribution in [0.2, 0.25) is 0 Å². The molecule has 6 nitrogen and oxygen atoms in total. The third kappa shape index (κ3) is 2.17. The van der Waals surface area contributed by atoms with Gasteiger partial charge in [-0.1, -0.05) is 0 Å². The first-order chi connectivity index (χ1) is 7.81. The van der Waals surface area contributed by atoms with E-state index in [-0.39, 0.29) is 11.8 Å². The molecule has 0 aromatic carbocycles. The normalized spacial score (nSPS) is 10.1. The maximum Gasteiger partial charge on any atom is 0.239 e.